The second-order valence-electron chi connectivity index (χ2n) is 5.07. The molecule has 1 aliphatic heterocycles. The standard InChI is InChI=1S/C16H14BrClO2/c1-9-2-5-15-11(6-9)14(19)8-16(20-15)10-3-4-12(17)13(18)7-10/h2-7,14,16,19H,8H2,1H3. The first-order valence-electron chi connectivity index (χ1n) is 6.45. The summed E-state index contributed by atoms with van der Waals surface area (Å²) in [5.41, 5.74) is 2.96. The number of hydrogen-bond donors (Lipinski definition) is 1. The second-order valence-corrected chi connectivity index (χ2v) is 6.33. The summed E-state index contributed by atoms with van der Waals surface area (Å²) >= 11 is 9.50. The molecule has 2 aromatic carbocycles. The van der Waals surface area contributed by atoms with Crippen molar-refractivity contribution in [3.63, 3.8) is 0 Å². The lowest BCUT2D eigenvalue weighted by Crippen LogP contribution is -2.19. The SMILES string of the molecule is Cc1ccc2c(c1)C(O)CC(c1ccc(Br)c(Cl)c1)O2. The van der Waals surface area contributed by atoms with E-state index in [0.717, 1.165) is 26.9 Å². The number of aliphatic hydroxyl groups excluding tert-OH is 1. The van der Waals surface area contributed by atoms with Crippen molar-refractivity contribution in [1.82, 2.24) is 0 Å². The Labute approximate surface area is 131 Å². The molecule has 1 heterocycles. The second kappa shape index (κ2) is 5.40. The fourth-order valence-electron chi connectivity index (χ4n) is 2.48. The van der Waals surface area contributed by atoms with Crippen LogP contribution in [0.25, 0.3) is 0 Å². The van der Waals surface area contributed by atoms with Gasteiger partial charge in [0.25, 0.3) is 0 Å². The van der Waals surface area contributed by atoms with Crippen molar-refractivity contribution >= 4 is 27.5 Å². The van der Waals surface area contributed by atoms with Crippen LogP contribution < -0.4 is 4.74 Å². The summed E-state index contributed by atoms with van der Waals surface area (Å²) in [4.78, 5) is 0. The number of rotatable bonds is 1. The first-order valence-corrected chi connectivity index (χ1v) is 7.62. The van der Waals surface area contributed by atoms with Gasteiger partial charge in [0.15, 0.2) is 0 Å². The maximum atomic E-state index is 10.3. The molecule has 2 nitrogen and oxygen atoms in total. The number of ether oxygens (including phenoxy) is 1. The molecule has 2 unspecified atom stereocenters. The molecule has 0 saturated heterocycles. The molecular formula is C16H14BrClO2. The maximum Gasteiger partial charge on any atom is 0.127 e. The van der Waals surface area contributed by atoms with E-state index in [1.165, 1.54) is 0 Å². The molecule has 1 N–H and O–H groups in total. The number of aliphatic hydroxyl groups is 1. The summed E-state index contributed by atoms with van der Waals surface area (Å²) in [6.07, 6.45) is -0.147. The molecule has 0 saturated carbocycles. The third-order valence-electron chi connectivity index (χ3n) is 3.55. The van der Waals surface area contributed by atoms with Gasteiger partial charge in [0.1, 0.15) is 11.9 Å². The summed E-state index contributed by atoms with van der Waals surface area (Å²) in [6.45, 7) is 2.01. The van der Waals surface area contributed by atoms with Crippen LogP contribution >= 0.6 is 27.5 Å². The van der Waals surface area contributed by atoms with Crippen LogP contribution in [0.3, 0.4) is 0 Å². The molecule has 0 fully saturated rings. The highest BCUT2D eigenvalue weighted by atomic mass is 79.9. The monoisotopic (exact) mass is 352 g/mol. The van der Waals surface area contributed by atoms with Crippen LogP contribution in [0, 0.1) is 6.92 Å². The van der Waals surface area contributed by atoms with E-state index in [1.54, 1.807) is 0 Å². The lowest BCUT2D eigenvalue weighted by molar-refractivity contribution is 0.0657. The van der Waals surface area contributed by atoms with Crippen molar-refractivity contribution < 1.29 is 9.84 Å². The third kappa shape index (κ3) is 2.58. The minimum atomic E-state index is -0.508. The number of hydrogen-bond acceptors (Lipinski definition) is 2. The highest BCUT2D eigenvalue weighted by molar-refractivity contribution is 9.10. The number of halogens is 2. The van der Waals surface area contributed by atoms with E-state index in [4.69, 9.17) is 16.3 Å². The predicted molar refractivity (Wildman–Crippen MR) is 83.3 cm³/mol. The Balaban J connectivity index is 1.94. The number of aryl methyl sites for hydroxylation is 1. The van der Waals surface area contributed by atoms with Crippen molar-refractivity contribution in [2.75, 3.05) is 0 Å². The van der Waals surface area contributed by atoms with Gasteiger partial charge >= 0.3 is 0 Å². The Morgan fingerprint density at radius 2 is 2.05 bits per heavy atom. The molecular weight excluding hydrogens is 340 g/mol. The zero-order valence-electron chi connectivity index (χ0n) is 10.9. The van der Waals surface area contributed by atoms with Crippen LogP contribution in [0.15, 0.2) is 40.9 Å². The lowest BCUT2D eigenvalue weighted by Gasteiger charge is -2.30. The predicted octanol–water partition coefficient (Wildman–Crippen LogP) is 4.97. The van der Waals surface area contributed by atoms with E-state index < -0.39 is 6.10 Å². The molecule has 1 aliphatic rings. The molecule has 0 radical (unpaired) electrons. The Kier molecular flexibility index (Phi) is 3.76. The van der Waals surface area contributed by atoms with Crippen LogP contribution in [0.2, 0.25) is 5.02 Å². The van der Waals surface area contributed by atoms with E-state index in [0.29, 0.717) is 11.4 Å². The molecule has 2 atom stereocenters. The Hall–Kier alpha value is -1.03. The van der Waals surface area contributed by atoms with Gasteiger partial charge in [-0.25, -0.2) is 0 Å². The molecule has 4 heteroatoms. The molecule has 3 rings (SSSR count). The molecule has 104 valence electrons. The number of benzene rings is 2. The summed E-state index contributed by atoms with van der Waals surface area (Å²) < 4.78 is 6.86. The highest BCUT2D eigenvalue weighted by Gasteiger charge is 2.28. The van der Waals surface area contributed by atoms with Crippen LogP contribution in [-0.4, -0.2) is 5.11 Å². The molecule has 0 aliphatic carbocycles. The highest BCUT2D eigenvalue weighted by Crippen LogP contribution is 2.41. The maximum absolute atomic E-state index is 10.3. The molecule has 20 heavy (non-hydrogen) atoms. The Morgan fingerprint density at radius 3 is 2.80 bits per heavy atom. The van der Waals surface area contributed by atoms with Gasteiger partial charge < -0.3 is 9.84 Å². The van der Waals surface area contributed by atoms with Crippen LogP contribution in [0.4, 0.5) is 0 Å². The van der Waals surface area contributed by atoms with Crippen LogP contribution in [-0.2, 0) is 0 Å². The van der Waals surface area contributed by atoms with Crippen molar-refractivity contribution in [2.24, 2.45) is 0 Å². The normalized spacial score (nSPS) is 21.2. The average molecular weight is 354 g/mol. The van der Waals surface area contributed by atoms with Gasteiger partial charge in [0, 0.05) is 16.5 Å². The van der Waals surface area contributed by atoms with E-state index >= 15 is 0 Å². The quantitative estimate of drug-likeness (QED) is 0.784. The minimum absolute atomic E-state index is 0.175. The number of fused-ring (bicyclic) bond motifs is 1. The van der Waals surface area contributed by atoms with Gasteiger partial charge in [0.2, 0.25) is 0 Å². The van der Waals surface area contributed by atoms with Gasteiger partial charge in [0.05, 0.1) is 11.1 Å². The van der Waals surface area contributed by atoms with Crippen molar-refractivity contribution in [1.29, 1.82) is 0 Å². The summed E-state index contributed by atoms with van der Waals surface area (Å²) in [5.74, 6) is 0.749. The van der Waals surface area contributed by atoms with Gasteiger partial charge in [-0.05, 0) is 52.7 Å². The molecule has 2 aromatic rings. The zero-order chi connectivity index (χ0) is 14.3. The summed E-state index contributed by atoms with van der Waals surface area (Å²) in [6, 6.07) is 11.6. The van der Waals surface area contributed by atoms with Gasteiger partial charge in [-0.2, -0.15) is 0 Å². The molecule has 0 amide bonds. The fourth-order valence-corrected chi connectivity index (χ4v) is 2.92. The third-order valence-corrected chi connectivity index (χ3v) is 4.78. The lowest BCUT2D eigenvalue weighted by atomic mass is 9.94. The zero-order valence-corrected chi connectivity index (χ0v) is 13.3. The Morgan fingerprint density at radius 1 is 1.25 bits per heavy atom. The van der Waals surface area contributed by atoms with Crippen molar-refractivity contribution in [2.45, 2.75) is 25.6 Å². The van der Waals surface area contributed by atoms with Gasteiger partial charge in [-0.1, -0.05) is 29.3 Å². The van der Waals surface area contributed by atoms with E-state index in [1.807, 2.05) is 43.3 Å². The van der Waals surface area contributed by atoms with E-state index in [2.05, 4.69) is 15.9 Å². The van der Waals surface area contributed by atoms with E-state index in [-0.39, 0.29) is 6.10 Å². The topological polar surface area (TPSA) is 29.5 Å². The van der Waals surface area contributed by atoms with Gasteiger partial charge in [-0.3, -0.25) is 0 Å². The molecule has 0 aromatic heterocycles. The first-order chi connectivity index (χ1) is 9.54. The van der Waals surface area contributed by atoms with Crippen molar-refractivity contribution in [3.8, 4) is 5.75 Å². The molecule has 0 spiro atoms. The first kappa shape index (κ1) is 13.9. The summed E-state index contributed by atoms with van der Waals surface area (Å²) in [5, 5.41) is 11.0. The summed E-state index contributed by atoms with van der Waals surface area (Å²) in [7, 11) is 0. The van der Waals surface area contributed by atoms with Crippen LogP contribution in [0.1, 0.15) is 35.3 Å². The van der Waals surface area contributed by atoms with Crippen LogP contribution in [0.5, 0.6) is 5.75 Å². The fraction of sp³-hybridized carbons (Fsp3) is 0.250. The van der Waals surface area contributed by atoms with E-state index in [9.17, 15) is 5.11 Å². The molecule has 0 bridgehead atoms. The van der Waals surface area contributed by atoms with Crippen molar-refractivity contribution in [3.05, 3.63) is 62.6 Å². The Bertz CT molecular complexity index is 657. The average Bonchev–Trinajstić information content (AvgIpc) is 2.42. The smallest absolute Gasteiger partial charge is 0.127 e. The van der Waals surface area contributed by atoms with Gasteiger partial charge in [-0.15, -0.1) is 0 Å². The largest absolute Gasteiger partial charge is 0.485 e. The minimum Gasteiger partial charge on any atom is -0.485 e.